The Hall–Kier alpha value is -1.66. The van der Waals surface area contributed by atoms with Crippen LogP contribution in [-0.2, 0) is 0 Å². The number of hydrogen-bond donors (Lipinski definition) is 2. The summed E-state index contributed by atoms with van der Waals surface area (Å²) in [6, 6.07) is 4.90. The van der Waals surface area contributed by atoms with Crippen LogP contribution in [0.2, 0.25) is 0 Å². The monoisotopic (exact) mass is 282 g/mol. The summed E-state index contributed by atoms with van der Waals surface area (Å²) in [5.41, 5.74) is -0.590. The molecule has 1 atom stereocenters. The average Bonchev–Trinajstić information content (AvgIpc) is 2.36. The summed E-state index contributed by atoms with van der Waals surface area (Å²) in [7, 11) is 0. The Labute approximate surface area is 118 Å². The number of nitrogens with zero attached hydrogens (tertiary/aromatic N) is 1. The lowest BCUT2D eigenvalue weighted by Crippen LogP contribution is -2.43. The van der Waals surface area contributed by atoms with Crippen molar-refractivity contribution in [3.8, 4) is 5.75 Å². The molecule has 0 radical (unpaired) electrons. The molecule has 1 aromatic rings. The fraction of sp³-hybridized carbons (Fsp3) is 0.571. The molecule has 0 heterocycles. The van der Waals surface area contributed by atoms with E-state index in [9.17, 15) is 15.2 Å². The smallest absolute Gasteiger partial charge is 0.313 e. The van der Waals surface area contributed by atoms with Crippen LogP contribution in [0.4, 0.5) is 5.69 Å². The lowest BCUT2D eigenvalue weighted by atomic mass is 10.1. The standard InChI is InChI=1S/C14H22N2O4/c1-4-8-15-9-14(3,17)10-20-12-7-5-6-11(2)13(12)16(18)19/h5-7,15,17H,4,8-10H2,1-3H3. The Balaban J connectivity index is 2.70. The van der Waals surface area contributed by atoms with Crippen LogP contribution in [0.3, 0.4) is 0 Å². The Morgan fingerprint density at radius 1 is 1.50 bits per heavy atom. The molecule has 1 rings (SSSR count). The van der Waals surface area contributed by atoms with E-state index in [0.29, 0.717) is 12.1 Å². The first-order valence-corrected chi connectivity index (χ1v) is 6.67. The van der Waals surface area contributed by atoms with E-state index in [1.807, 2.05) is 6.92 Å². The van der Waals surface area contributed by atoms with Crippen LogP contribution in [0, 0.1) is 17.0 Å². The van der Waals surface area contributed by atoms with Crippen LogP contribution in [-0.4, -0.2) is 35.3 Å². The van der Waals surface area contributed by atoms with E-state index in [-0.39, 0.29) is 18.0 Å². The van der Waals surface area contributed by atoms with Gasteiger partial charge in [-0.25, -0.2) is 0 Å². The third-order valence-corrected chi connectivity index (χ3v) is 2.85. The molecular formula is C14H22N2O4. The second kappa shape index (κ2) is 7.21. The lowest BCUT2D eigenvalue weighted by molar-refractivity contribution is -0.386. The van der Waals surface area contributed by atoms with Gasteiger partial charge in [0.15, 0.2) is 5.75 Å². The highest BCUT2D eigenvalue weighted by Gasteiger charge is 2.24. The van der Waals surface area contributed by atoms with Gasteiger partial charge in [0.05, 0.1) is 4.92 Å². The Morgan fingerprint density at radius 2 is 2.20 bits per heavy atom. The van der Waals surface area contributed by atoms with Crippen molar-refractivity contribution in [2.45, 2.75) is 32.8 Å². The van der Waals surface area contributed by atoms with Gasteiger partial charge in [0, 0.05) is 12.1 Å². The quantitative estimate of drug-likeness (QED) is 0.433. The van der Waals surface area contributed by atoms with Crippen LogP contribution in [0.1, 0.15) is 25.8 Å². The van der Waals surface area contributed by atoms with Gasteiger partial charge in [-0.15, -0.1) is 0 Å². The largest absolute Gasteiger partial charge is 0.484 e. The lowest BCUT2D eigenvalue weighted by Gasteiger charge is -2.23. The Morgan fingerprint density at radius 3 is 2.80 bits per heavy atom. The highest BCUT2D eigenvalue weighted by atomic mass is 16.6. The summed E-state index contributed by atoms with van der Waals surface area (Å²) in [6.45, 7) is 6.51. The van der Waals surface area contributed by atoms with Gasteiger partial charge in [-0.1, -0.05) is 19.1 Å². The number of aliphatic hydroxyl groups is 1. The van der Waals surface area contributed by atoms with Gasteiger partial charge in [0.2, 0.25) is 0 Å². The number of benzene rings is 1. The van der Waals surface area contributed by atoms with E-state index in [1.165, 1.54) is 0 Å². The van der Waals surface area contributed by atoms with E-state index in [1.54, 1.807) is 32.0 Å². The number of aryl methyl sites for hydroxylation is 1. The van der Waals surface area contributed by atoms with Crippen LogP contribution in [0.5, 0.6) is 5.75 Å². The van der Waals surface area contributed by atoms with Gasteiger partial charge in [-0.3, -0.25) is 10.1 Å². The van der Waals surface area contributed by atoms with Gasteiger partial charge in [0.1, 0.15) is 12.2 Å². The van der Waals surface area contributed by atoms with Gasteiger partial charge >= 0.3 is 5.69 Å². The number of para-hydroxylation sites is 1. The number of hydrogen-bond acceptors (Lipinski definition) is 5. The minimum Gasteiger partial charge on any atom is -0.484 e. The summed E-state index contributed by atoms with van der Waals surface area (Å²) in [5, 5.41) is 24.3. The molecule has 1 unspecified atom stereocenters. The molecule has 0 saturated heterocycles. The summed E-state index contributed by atoms with van der Waals surface area (Å²) in [6.07, 6.45) is 0.973. The molecule has 0 bridgehead atoms. The summed E-state index contributed by atoms with van der Waals surface area (Å²) < 4.78 is 5.44. The van der Waals surface area contributed by atoms with Crippen molar-refractivity contribution in [2.75, 3.05) is 19.7 Å². The van der Waals surface area contributed by atoms with Crippen LogP contribution in [0.15, 0.2) is 18.2 Å². The van der Waals surface area contributed by atoms with Gasteiger partial charge in [-0.2, -0.15) is 0 Å². The van der Waals surface area contributed by atoms with E-state index in [2.05, 4.69) is 5.32 Å². The van der Waals surface area contributed by atoms with Crippen molar-refractivity contribution in [1.82, 2.24) is 5.32 Å². The number of rotatable bonds is 8. The second-order valence-electron chi connectivity index (χ2n) is 5.14. The average molecular weight is 282 g/mol. The first-order chi connectivity index (χ1) is 9.37. The van der Waals surface area contributed by atoms with Gasteiger partial charge in [-0.05, 0) is 32.9 Å². The van der Waals surface area contributed by atoms with Crippen LogP contribution in [0.25, 0.3) is 0 Å². The molecule has 2 N–H and O–H groups in total. The topological polar surface area (TPSA) is 84.6 Å². The van der Waals surface area contributed by atoms with E-state index < -0.39 is 10.5 Å². The van der Waals surface area contributed by atoms with Crippen molar-refractivity contribution in [3.63, 3.8) is 0 Å². The zero-order valence-corrected chi connectivity index (χ0v) is 12.2. The number of ether oxygens (including phenoxy) is 1. The molecule has 6 nitrogen and oxygen atoms in total. The zero-order chi connectivity index (χ0) is 15.2. The van der Waals surface area contributed by atoms with Crippen molar-refractivity contribution >= 4 is 5.69 Å². The maximum Gasteiger partial charge on any atom is 0.313 e. The summed E-state index contributed by atoms with van der Waals surface area (Å²) in [4.78, 5) is 10.6. The third kappa shape index (κ3) is 4.79. The maximum absolute atomic E-state index is 11.0. The van der Waals surface area contributed by atoms with Crippen LogP contribution >= 0.6 is 0 Å². The van der Waals surface area contributed by atoms with Gasteiger partial charge in [0.25, 0.3) is 0 Å². The van der Waals surface area contributed by atoms with Crippen molar-refractivity contribution < 1.29 is 14.8 Å². The molecule has 20 heavy (non-hydrogen) atoms. The van der Waals surface area contributed by atoms with E-state index >= 15 is 0 Å². The molecule has 0 fully saturated rings. The van der Waals surface area contributed by atoms with Crippen molar-refractivity contribution in [1.29, 1.82) is 0 Å². The molecule has 0 spiro atoms. The molecule has 0 aromatic heterocycles. The minimum absolute atomic E-state index is 0.00594. The molecule has 6 heteroatoms. The van der Waals surface area contributed by atoms with Crippen molar-refractivity contribution in [2.24, 2.45) is 0 Å². The van der Waals surface area contributed by atoms with Crippen molar-refractivity contribution in [3.05, 3.63) is 33.9 Å². The number of nitro groups is 1. The molecule has 0 amide bonds. The van der Waals surface area contributed by atoms with Crippen LogP contribution < -0.4 is 10.1 Å². The highest BCUT2D eigenvalue weighted by molar-refractivity contribution is 5.52. The third-order valence-electron chi connectivity index (χ3n) is 2.85. The summed E-state index contributed by atoms with van der Waals surface area (Å²) in [5.74, 6) is 0.186. The first-order valence-electron chi connectivity index (χ1n) is 6.67. The number of nitro benzene ring substituents is 1. The van der Waals surface area contributed by atoms with E-state index in [0.717, 1.165) is 13.0 Å². The fourth-order valence-corrected chi connectivity index (χ4v) is 1.80. The normalized spacial score (nSPS) is 13.8. The molecule has 112 valence electrons. The molecule has 0 aliphatic heterocycles. The second-order valence-corrected chi connectivity index (χ2v) is 5.14. The predicted molar refractivity (Wildman–Crippen MR) is 77.1 cm³/mol. The minimum atomic E-state index is -1.08. The molecular weight excluding hydrogens is 260 g/mol. The summed E-state index contributed by atoms with van der Waals surface area (Å²) >= 11 is 0. The molecule has 0 aliphatic carbocycles. The Bertz CT molecular complexity index is 460. The SMILES string of the molecule is CCCNCC(C)(O)COc1cccc(C)c1[N+](=O)[O-]. The molecule has 0 saturated carbocycles. The molecule has 1 aromatic carbocycles. The number of nitrogens with one attached hydrogen (secondary N) is 1. The maximum atomic E-state index is 11.0. The van der Waals surface area contributed by atoms with E-state index in [4.69, 9.17) is 4.74 Å². The first kappa shape index (κ1) is 16.4. The predicted octanol–water partition coefficient (Wildman–Crippen LogP) is 2.03. The zero-order valence-electron chi connectivity index (χ0n) is 12.2. The van der Waals surface area contributed by atoms with Gasteiger partial charge < -0.3 is 15.2 Å². The highest BCUT2D eigenvalue weighted by Crippen LogP contribution is 2.30. The Kier molecular flexibility index (Phi) is 5.91. The fourth-order valence-electron chi connectivity index (χ4n) is 1.80. The molecule has 0 aliphatic rings.